The van der Waals surface area contributed by atoms with Gasteiger partial charge in [-0.05, 0) is 44.0 Å². The van der Waals surface area contributed by atoms with E-state index in [1.807, 2.05) is 6.07 Å². The second-order valence-electron chi connectivity index (χ2n) is 5.70. The van der Waals surface area contributed by atoms with Gasteiger partial charge in [0.15, 0.2) is 0 Å². The van der Waals surface area contributed by atoms with Crippen molar-refractivity contribution in [3.05, 3.63) is 71.8 Å². The summed E-state index contributed by atoms with van der Waals surface area (Å²) in [6, 6.07) is 21.2. The first-order valence-electron chi connectivity index (χ1n) is 7.78. The first-order valence-corrected chi connectivity index (χ1v) is 7.78. The number of nitrogens with two attached hydrogens (primary N) is 1. The van der Waals surface area contributed by atoms with Gasteiger partial charge in [0.1, 0.15) is 0 Å². The van der Waals surface area contributed by atoms with Gasteiger partial charge in [0, 0.05) is 12.6 Å². The molecule has 0 heterocycles. The van der Waals surface area contributed by atoms with Crippen LogP contribution in [-0.2, 0) is 6.42 Å². The summed E-state index contributed by atoms with van der Waals surface area (Å²) in [5.41, 5.74) is 8.88. The van der Waals surface area contributed by atoms with E-state index in [9.17, 15) is 0 Å². The number of benzene rings is 2. The minimum absolute atomic E-state index is 0.161. The van der Waals surface area contributed by atoms with Crippen LogP contribution in [0.3, 0.4) is 0 Å². The van der Waals surface area contributed by atoms with Crippen molar-refractivity contribution in [1.82, 2.24) is 4.90 Å². The van der Waals surface area contributed by atoms with Gasteiger partial charge >= 0.3 is 0 Å². The van der Waals surface area contributed by atoms with Gasteiger partial charge in [-0.3, -0.25) is 0 Å². The topological polar surface area (TPSA) is 29.3 Å². The van der Waals surface area contributed by atoms with E-state index < -0.39 is 0 Å². The maximum absolute atomic E-state index is 6.23. The molecule has 0 bridgehead atoms. The molecule has 0 fully saturated rings. The van der Waals surface area contributed by atoms with Crippen molar-refractivity contribution in [3.63, 3.8) is 0 Å². The third-order valence-corrected chi connectivity index (χ3v) is 3.91. The molecular formula is C19H26N2. The van der Waals surface area contributed by atoms with E-state index in [0.29, 0.717) is 0 Å². The highest BCUT2D eigenvalue weighted by Gasteiger charge is 2.06. The van der Waals surface area contributed by atoms with Gasteiger partial charge in [0.25, 0.3) is 0 Å². The van der Waals surface area contributed by atoms with Gasteiger partial charge in [-0.15, -0.1) is 0 Å². The Kier molecular flexibility index (Phi) is 6.45. The molecule has 0 aromatic heterocycles. The quantitative estimate of drug-likeness (QED) is 0.801. The number of hydrogen-bond acceptors (Lipinski definition) is 2. The molecule has 1 unspecified atom stereocenters. The molecule has 2 N–H and O–H groups in total. The Hall–Kier alpha value is -1.64. The third-order valence-electron chi connectivity index (χ3n) is 3.91. The third kappa shape index (κ3) is 5.70. The molecule has 0 aliphatic carbocycles. The Bertz CT molecular complexity index is 495. The van der Waals surface area contributed by atoms with Crippen LogP contribution in [-0.4, -0.2) is 25.0 Å². The molecule has 2 heteroatoms. The van der Waals surface area contributed by atoms with Crippen molar-refractivity contribution < 1.29 is 0 Å². The summed E-state index contributed by atoms with van der Waals surface area (Å²) in [4.78, 5) is 2.39. The van der Waals surface area contributed by atoms with Crippen LogP contribution in [0.1, 0.15) is 30.0 Å². The maximum atomic E-state index is 6.23. The summed E-state index contributed by atoms with van der Waals surface area (Å²) in [5, 5.41) is 0. The molecule has 0 saturated carbocycles. The van der Waals surface area contributed by atoms with Crippen molar-refractivity contribution in [3.8, 4) is 0 Å². The Morgan fingerprint density at radius 3 is 2.19 bits per heavy atom. The molecule has 0 aliphatic rings. The molecule has 0 amide bonds. The van der Waals surface area contributed by atoms with Crippen LogP contribution in [0, 0.1) is 0 Å². The van der Waals surface area contributed by atoms with Gasteiger partial charge in [-0.1, -0.05) is 60.7 Å². The average molecular weight is 282 g/mol. The lowest BCUT2D eigenvalue weighted by molar-refractivity contribution is 0.325. The Morgan fingerprint density at radius 2 is 1.52 bits per heavy atom. The second kappa shape index (κ2) is 8.60. The van der Waals surface area contributed by atoms with Crippen molar-refractivity contribution in [2.45, 2.75) is 25.3 Å². The first-order chi connectivity index (χ1) is 10.3. The molecule has 0 saturated heterocycles. The monoisotopic (exact) mass is 282 g/mol. The smallest absolute Gasteiger partial charge is 0.0295 e. The minimum Gasteiger partial charge on any atom is -0.324 e. The second-order valence-corrected chi connectivity index (χ2v) is 5.70. The summed E-state index contributed by atoms with van der Waals surface area (Å²) in [5.74, 6) is 0. The van der Waals surface area contributed by atoms with E-state index in [4.69, 9.17) is 5.73 Å². The molecule has 0 aliphatic heterocycles. The largest absolute Gasteiger partial charge is 0.324 e. The van der Waals surface area contributed by atoms with Gasteiger partial charge in [0.05, 0.1) is 0 Å². The highest BCUT2D eigenvalue weighted by Crippen LogP contribution is 2.15. The maximum Gasteiger partial charge on any atom is 0.0295 e. The zero-order valence-corrected chi connectivity index (χ0v) is 12.9. The van der Waals surface area contributed by atoms with Crippen molar-refractivity contribution >= 4 is 0 Å². The highest BCUT2D eigenvalue weighted by atomic mass is 15.1. The first kappa shape index (κ1) is 15.7. The van der Waals surface area contributed by atoms with Crippen LogP contribution in [0.15, 0.2) is 60.7 Å². The van der Waals surface area contributed by atoms with Crippen LogP contribution in [0.25, 0.3) is 0 Å². The molecule has 21 heavy (non-hydrogen) atoms. The van der Waals surface area contributed by atoms with Crippen molar-refractivity contribution in [2.24, 2.45) is 5.73 Å². The lowest BCUT2D eigenvalue weighted by Gasteiger charge is -2.18. The molecule has 0 spiro atoms. The van der Waals surface area contributed by atoms with E-state index in [2.05, 4.69) is 66.5 Å². The van der Waals surface area contributed by atoms with Crippen LogP contribution in [0.5, 0.6) is 0 Å². The van der Waals surface area contributed by atoms with Crippen LogP contribution in [0.2, 0.25) is 0 Å². The molecule has 2 aromatic rings. The van der Waals surface area contributed by atoms with Crippen LogP contribution in [0.4, 0.5) is 0 Å². The van der Waals surface area contributed by atoms with Crippen LogP contribution < -0.4 is 5.73 Å². The number of likely N-dealkylation sites (N-methyl/N-ethyl adjacent to an activating group) is 1. The number of rotatable bonds is 8. The number of nitrogens with zero attached hydrogens (tertiary/aromatic N) is 1. The van der Waals surface area contributed by atoms with Crippen molar-refractivity contribution in [2.75, 3.05) is 20.1 Å². The molecule has 2 aromatic carbocycles. The Labute approximate surface area is 128 Å². The normalized spacial score (nSPS) is 12.5. The summed E-state index contributed by atoms with van der Waals surface area (Å²) >= 11 is 0. The highest BCUT2D eigenvalue weighted by molar-refractivity contribution is 5.18. The Balaban J connectivity index is 1.64. The summed E-state index contributed by atoms with van der Waals surface area (Å²) < 4.78 is 0. The zero-order chi connectivity index (χ0) is 14.9. The van der Waals surface area contributed by atoms with E-state index in [1.54, 1.807) is 0 Å². The minimum atomic E-state index is 0.161. The summed E-state index contributed by atoms with van der Waals surface area (Å²) in [7, 11) is 2.19. The van der Waals surface area contributed by atoms with Gasteiger partial charge in [0.2, 0.25) is 0 Å². The van der Waals surface area contributed by atoms with Gasteiger partial charge in [-0.2, -0.15) is 0 Å². The van der Waals surface area contributed by atoms with Crippen molar-refractivity contribution in [1.29, 1.82) is 0 Å². The molecule has 112 valence electrons. The standard InChI is InChI=1S/C19H26N2/c1-21(16-14-17-9-4-2-5-10-17)15-8-13-19(20)18-11-6-3-7-12-18/h2-7,9-12,19H,8,13-16,20H2,1H3. The van der Waals surface area contributed by atoms with E-state index in [0.717, 1.165) is 32.4 Å². The van der Waals surface area contributed by atoms with E-state index in [1.165, 1.54) is 11.1 Å². The van der Waals surface area contributed by atoms with Gasteiger partial charge in [-0.25, -0.2) is 0 Å². The summed E-state index contributed by atoms with van der Waals surface area (Å²) in [6.07, 6.45) is 3.29. The fourth-order valence-corrected chi connectivity index (χ4v) is 2.52. The number of hydrogen-bond donors (Lipinski definition) is 1. The fraction of sp³-hybridized carbons (Fsp3) is 0.368. The lowest BCUT2D eigenvalue weighted by Crippen LogP contribution is -2.23. The predicted molar refractivity (Wildman–Crippen MR) is 90.2 cm³/mol. The molecule has 2 nitrogen and oxygen atoms in total. The molecular weight excluding hydrogens is 256 g/mol. The lowest BCUT2D eigenvalue weighted by atomic mass is 10.0. The SMILES string of the molecule is CN(CCCC(N)c1ccccc1)CCc1ccccc1. The Morgan fingerprint density at radius 1 is 0.905 bits per heavy atom. The zero-order valence-electron chi connectivity index (χ0n) is 12.9. The predicted octanol–water partition coefficient (Wildman–Crippen LogP) is 3.64. The molecule has 1 atom stereocenters. The van der Waals surface area contributed by atoms with Crippen LogP contribution >= 0.6 is 0 Å². The van der Waals surface area contributed by atoms with E-state index >= 15 is 0 Å². The van der Waals surface area contributed by atoms with Gasteiger partial charge < -0.3 is 10.6 Å². The fourth-order valence-electron chi connectivity index (χ4n) is 2.52. The molecule has 0 radical (unpaired) electrons. The summed E-state index contributed by atoms with van der Waals surface area (Å²) in [6.45, 7) is 2.21. The molecule has 2 rings (SSSR count). The average Bonchev–Trinajstić information content (AvgIpc) is 2.54. The van der Waals surface area contributed by atoms with E-state index in [-0.39, 0.29) is 6.04 Å².